The van der Waals surface area contributed by atoms with Gasteiger partial charge in [0, 0.05) is 44.0 Å². The van der Waals surface area contributed by atoms with Gasteiger partial charge in [0.1, 0.15) is 11.6 Å². The highest BCUT2D eigenvalue weighted by Gasteiger charge is 2.36. The number of ether oxygens (including phenoxy) is 1. The van der Waals surface area contributed by atoms with Gasteiger partial charge in [0.2, 0.25) is 0 Å². The largest absolute Gasteiger partial charge is 0.477 e. The Morgan fingerprint density at radius 3 is 2.61 bits per heavy atom. The van der Waals surface area contributed by atoms with Crippen LogP contribution in [-0.2, 0) is 9.53 Å². The first-order chi connectivity index (χ1) is 21.9. The van der Waals surface area contributed by atoms with E-state index in [9.17, 15) is 31.9 Å². The summed E-state index contributed by atoms with van der Waals surface area (Å²) in [5.74, 6) is -9.42. The van der Waals surface area contributed by atoms with Crippen molar-refractivity contribution in [2.45, 2.75) is 12.8 Å². The number of H-pyrrole nitrogens is 1. The molecule has 4 heterocycles. The summed E-state index contributed by atoms with van der Waals surface area (Å²) in [6, 6.07) is 1.71. The third kappa shape index (κ3) is 7.47. The molecule has 1 saturated heterocycles. The Hall–Kier alpha value is -4.94. The van der Waals surface area contributed by atoms with Crippen LogP contribution in [0.3, 0.4) is 0 Å². The predicted molar refractivity (Wildman–Crippen MR) is 160 cm³/mol. The molecule has 0 bridgehead atoms. The Kier molecular flexibility index (Phi) is 9.59. The van der Waals surface area contributed by atoms with E-state index < -0.39 is 46.4 Å². The fourth-order valence-electron chi connectivity index (χ4n) is 4.55. The Morgan fingerprint density at radius 1 is 1.11 bits per heavy atom. The summed E-state index contributed by atoms with van der Waals surface area (Å²) in [6.07, 6.45) is 2.89. The molecule has 1 fully saturated rings. The number of fused-ring (bicyclic) bond motifs is 1. The number of nitrogens with one attached hydrogen (secondary N) is 4. The Bertz CT molecular complexity index is 1820. The normalized spacial score (nSPS) is 14.3. The number of nitrogens with zero attached hydrogens (tertiary/aromatic N) is 4. The zero-order chi connectivity index (χ0) is 33.0. The number of carboxylic acids is 1. The molecule has 1 aromatic carbocycles. The Balaban J connectivity index is 1.26. The molecule has 18 heteroatoms. The SMILES string of the molecule is CC(=CC(F)(F)C(=O)O)c1cc(F)c(NC(=O)Nc2ncc(-c3cc(C(=O)NCCN4CCOCC4)c4cn[nH]c4n3)s2)cc1F. The van der Waals surface area contributed by atoms with Gasteiger partial charge in [-0.1, -0.05) is 11.3 Å². The van der Waals surface area contributed by atoms with Gasteiger partial charge in [-0.15, -0.1) is 0 Å². The minimum absolute atomic E-state index is 0.00588. The number of aromatic nitrogens is 4. The maximum absolute atomic E-state index is 14.7. The fourth-order valence-corrected chi connectivity index (χ4v) is 5.32. The molecule has 242 valence electrons. The van der Waals surface area contributed by atoms with Gasteiger partial charge in [0.25, 0.3) is 5.91 Å². The van der Waals surface area contributed by atoms with Crippen molar-refractivity contribution < 1.29 is 41.8 Å². The predicted octanol–water partition coefficient (Wildman–Crippen LogP) is 4.19. The Morgan fingerprint density at radius 2 is 1.87 bits per heavy atom. The zero-order valence-corrected chi connectivity index (χ0v) is 24.8. The number of thiazole rings is 1. The first kappa shape index (κ1) is 32.5. The van der Waals surface area contributed by atoms with Crippen LogP contribution in [0.4, 0.5) is 33.2 Å². The minimum Gasteiger partial charge on any atom is -0.477 e. The summed E-state index contributed by atoms with van der Waals surface area (Å²) in [7, 11) is 0. The van der Waals surface area contributed by atoms with Gasteiger partial charge in [0.05, 0.1) is 46.6 Å². The standard InChI is InChI=1S/C28H26F4N8O5S/c1-14(11-28(31,32)25(42)43)15-8-19(30)20(10-18(15)29)37-26(44)38-27-34-13-22(46-27)21-9-16(17-12-35-39-23(17)36-21)24(41)33-2-3-40-4-6-45-7-5-40/h8-13H,2-7H2,1H3,(H,33,41)(H,42,43)(H,35,36,39)(H2,34,37,38,44). The molecular formula is C28H26F4N8O5S. The van der Waals surface area contributed by atoms with Crippen LogP contribution in [0.5, 0.6) is 0 Å². The van der Waals surface area contributed by atoms with E-state index in [4.69, 9.17) is 9.84 Å². The van der Waals surface area contributed by atoms with E-state index in [-0.39, 0.29) is 17.1 Å². The van der Waals surface area contributed by atoms with Crippen LogP contribution in [-0.4, -0.2) is 93.4 Å². The number of halogens is 4. The highest BCUT2D eigenvalue weighted by atomic mass is 32.1. The smallest absolute Gasteiger partial charge is 0.378 e. The molecule has 0 spiro atoms. The zero-order valence-electron chi connectivity index (χ0n) is 24.0. The second-order valence-corrected chi connectivity index (χ2v) is 11.1. The first-order valence-electron chi connectivity index (χ1n) is 13.7. The number of allylic oxidation sites excluding steroid dienone is 1. The van der Waals surface area contributed by atoms with Gasteiger partial charge < -0.3 is 20.5 Å². The summed E-state index contributed by atoms with van der Waals surface area (Å²) in [4.78, 5) is 47.6. The number of amides is 3. The lowest BCUT2D eigenvalue weighted by molar-refractivity contribution is -0.157. The molecule has 0 saturated carbocycles. The van der Waals surface area contributed by atoms with Crippen LogP contribution in [0.15, 0.2) is 36.7 Å². The Labute approximate surface area is 261 Å². The number of benzene rings is 1. The number of urea groups is 1. The fraction of sp³-hybridized carbons (Fsp3) is 0.286. The number of aromatic amines is 1. The second kappa shape index (κ2) is 13.6. The van der Waals surface area contributed by atoms with Crippen LogP contribution < -0.4 is 16.0 Å². The van der Waals surface area contributed by atoms with Gasteiger partial charge >= 0.3 is 17.9 Å². The van der Waals surface area contributed by atoms with Gasteiger partial charge in [-0.3, -0.25) is 20.1 Å². The summed E-state index contributed by atoms with van der Waals surface area (Å²) in [6.45, 7) is 4.95. The van der Waals surface area contributed by atoms with Crippen molar-refractivity contribution in [1.82, 2.24) is 30.4 Å². The summed E-state index contributed by atoms with van der Waals surface area (Å²) < 4.78 is 61.6. The maximum atomic E-state index is 14.7. The molecule has 4 aromatic rings. The van der Waals surface area contributed by atoms with Crippen LogP contribution in [0, 0.1) is 11.6 Å². The highest BCUT2D eigenvalue weighted by molar-refractivity contribution is 7.19. The van der Waals surface area contributed by atoms with E-state index in [2.05, 4.69) is 41.0 Å². The van der Waals surface area contributed by atoms with E-state index in [0.29, 0.717) is 65.6 Å². The molecule has 3 amide bonds. The molecule has 0 atom stereocenters. The van der Waals surface area contributed by atoms with E-state index in [1.54, 1.807) is 6.07 Å². The molecular weight excluding hydrogens is 636 g/mol. The average molecular weight is 663 g/mol. The number of alkyl halides is 2. The third-order valence-electron chi connectivity index (χ3n) is 6.88. The number of hydrogen-bond donors (Lipinski definition) is 5. The van der Waals surface area contributed by atoms with Gasteiger partial charge in [-0.25, -0.2) is 28.3 Å². The van der Waals surface area contributed by atoms with Crippen molar-refractivity contribution >= 4 is 56.7 Å². The van der Waals surface area contributed by atoms with Crippen molar-refractivity contribution in [2.24, 2.45) is 0 Å². The summed E-state index contributed by atoms with van der Waals surface area (Å²) >= 11 is 0.990. The van der Waals surface area contributed by atoms with Crippen LogP contribution >= 0.6 is 11.3 Å². The van der Waals surface area contributed by atoms with Crippen molar-refractivity contribution in [3.63, 3.8) is 0 Å². The van der Waals surface area contributed by atoms with E-state index in [1.165, 1.54) is 12.4 Å². The lowest BCUT2D eigenvalue weighted by Crippen LogP contribution is -2.41. The molecule has 46 heavy (non-hydrogen) atoms. The quantitative estimate of drug-likeness (QED) is 0.156. The molecule has 0 unspecified atom stereocenters. The van der Waals surface area contributed by atoms with Crippen molar-refractivity contribution in [2.75, 3.05) is 50.0 Å². The lowest BCUT2D eigenvalue weighted by atomic mass is 10.0. The highest BCUT2D eigenvalue weighted by Crippen LogP contribution is 2.31. The number of pyridine rings is 1. The molecule has 0 radical (unpaired) electrons. The molecule has 3 aromatic heterocycles. The molecule has 1 aliphatic heterocycles. The molecule has 0 aliphatic carbocycles. The number of morpholine rings is 1. The van der Waals surface area contributed by atoms with Gasteiger partial charge in [-0.05, 0) is 30.7 Å². The monoisotopic (exact) mass is 662 g/mol. The minimum atomic E-state index is -4.30. The maximum Gasteiger partial charge on any atom is 0.378 e. The van der Waals surface area contributed by atoms with Crippen molar-refractivity contribution in [3.8, 4) is 10.6 Å². The van der Waals surface area contributed by atoms with E-state index in [0.717, 1.165) is 31.4 Å². The van der Waals surface area contributed by atoms with Crippen LogP contribution in [0.1, 0.15) is 22.8 Å². The number of carbonyl (C=O) groups excluding carboxylic acids is 2. The molecule has 5 N–H and O–H groups in total. The number of aliphatic carboxylic acids is 1. The average Bonchev–Trinajstić information content (AvgIpc) is 3.68. The number of hydrogen-bond acceptors (Lipinski definition) is 9. The van der Waals surface area contributed by atoms with E-state index >= 15 is 0 Å². The molecule has 1 aliphatic rings. The summed E-state index contributed by atoms with van der Waals surface area (Å²) in [5.41, 5.74) is -0.694. The van der Waals surface area contributed by atoms with Crippen LogP contribution in [0.2, 0.25) is 0 Å². The number of anilines is 2. The van der Waals surface area contributed by atoms with Gasteiger partial charge in [0.15, 0.2) is 10.8 Å². The van der Waals surface area contributed by atoms with E-state index in [1.807, 2.05) is 0 Å². The molecule has 13 nitrogen and oxygen atoms in total. The topological polar surface area (TPSA) is 174 Å². The van der Waals surface area contributed by atoms with Crippen molar-refractivity contribution in [3.05, 3.63) is 59.4 Å². The molecule has 5 rings (SSSR count). The third-order valence-corrected chi connectivity index (χ3v) is 7.81. The lowest BCUT2D eigenvalue weighted by Gasteiger charge is -2.26. The van der Waals surface area contributed by atoms with Gasteiger partial charge in [-0.2, -0.15) is 13.9 Å². The second-order valence-electron chi connectivity index (χ2n) is 10.1. The van der Waals surface area contributed by atoms with Crippen LogP contribution in [0.25, 0.3) is 27.2 Å². The number of carbonyl (C=O) groups is 3. The number of rotatable bonds is 10. The first-order valence-corrected chi connectivity index (χ1v) is 14.5. The summed E-state index contributed by atoms with van der Waals surface area (Å²) in [5, 5.41) is 23.3. The number of carboxylic acid groups (broad SMARTS) is 1. The van der Waals surface area contributed by atoms with Crippen molar-refractivity contribution in [1.29, 1.82) is 0 Å².